The Hall–Kier alpha value is -3.28. The third-order valence-corrected chi connectivity index (χ3v) is 3.70. The van der Waals surface area contributed by atoms with Crippen molar-refractivity contribution in [3.63, 3.8) is 0 Å². The predicted octanol–water partition coefficient (Wildman–Crippen LogP) is 3.28. The van der Waals surface area contributed by atoms with Gasteiger partial charge in [-0.2, -0.15) is 0 Å². The summed E-state index contributed by atoms with van der Waals surface area (Å²) in [5.41, 5.74) is 1.52. The molecule has 1 amide bonds. The summed E-state index contributed by atoms with van der Waals surface area (Å²) >= 11 is 0. The minimum atomic E-state index is -0.368. The molecule has 0 bridgehead atoms. The van der Waals surface area contributed by atoms with Gasteiger partial charge >= 0.3 is 0 Å². The van der Waals surface area contributed by atoms with Crippen LogP contribution >= 0.6 is 0 Å². The highest BCUT2D eigenvalue weighted by Gasteiger charge is 2.19. The molecule has 6 heteroatoms. The number of para-hydroxylation sites is 1. The first-order valence-electron chi connectivity index (χ1n) is 7.65. The maximum Gasteiger partial charge on any atom is 0.248 e. The zero-order chi connectivity index (χ0) is 17.8. The number of anilines is 1. The van der Waals surface area contributed by atoms with Crippen molar-refractivity contribution < 1.29 is 23.8 Å². The van der Waals surface area contributed by atoms with Gasteiger partial charge in [0.15, 0.2) is 17.3 Å². The van der Waals surface area contributed by atoms with Crippen molar-refractivity contribution in [1.29, 1.82) is 0 Å². The van der Waals surface area contributed by atoms with Crippen LogP contribution in [0.4, 0.5) is 5.69 Å². The zero-order valence-corrected chi connectivity index (χ0v) is 13.9. The monoisotopic (exact) mass is 339 g/mol. The van der Waals surface area contributed by atoms with E-state index >= 15 is 0 Å². The lowest BCUT2D eigenvalue weighted by atomic mass is 10.1. The molecule has 0 aromatic heterocycles. The van der Waals surface area contributed by atoms with Crippen molar-refractivity contribution in [2.45, 2.75) is 6.92 Å². The number of hydrogen-bond acceptors (Lipinski definition) is 5. The fourth-order valence-electron chi connectivity index (χ4n) is 2.48. The first-order chi connectivity index (χ1) is 12.1. The van der Waals surface area contributed by atoms with E-state index < -0.39 is 0 Å². The summed E-state index contributed by atoms with van der Waals surface area (Å²) < 4.78 is 15.8. The third-order valence-electron chi connectivity index (χ3n) is 3.70. The van der Waals surface area contributed by atoms with E-state index in [2.05, 4.69) is 5.32 Å². The number of carbonyl (C=O) groups is 2. The summed E-state index contributed by atoms with van der Waals surface area (Å²) in [6.45, 7) is 1.52. The number of nitrogens with one attached hydrogen (secondary N) is 1. The molecular weight excluding hydrogens is 322 g/mol. The summed E-state index contributed by atoms with van der Waals surface area (Å²) in [4.78, 5) is 24.1. The summed E-state index contributed by atoms with van der Waals surface area (Å²) in [5, 5.41) is 2.71. The number of amides is 1. The average Bonchev–Trinajstić information content (AvgIpc) is 3.06. The van der Waals surface area contributed by atoms with Crippen LogP contribution in [0.25, 0.3) is 6.08 Å². The number of carbonyl (C=O) groups excluding carboxylic acids is 2. The first kappa shape index (κ1) is 16.6. The molecule has 1 N–H and O–H groups in total. The Kier molecular flexibility index (Phi) is 4.70. The first-order valence-corrected chi connectivity index (χ1v) is 7.65. The van der Waals surface area contributed by atoms with E-state index in [4.69, 9.17) is 14.2 Å². The van der Waals surface area contributed by atoms with Crippen molar-refractivity contribution >= 4 is 23.5 Å². The fraction of sp³-hybridized carbons (Fsp3) is 0.158. The maximum atomic E-state index is 12.2. The molecule has 25 heavy (non-hydrogen) atoms. The molecule has 2 aromatic rings. The number of benzene rings is 2. The van der Waals surface area contributed by atoms with Crippen LogP contribution in [0.5, 0.6) is 17.2 Å². The molecule has 2 aromatic carbocycles. The second kappa shape index (κ2) is 7.09. The van der Waals surface area contributed by atoms with E-state index in [0.29, 0.717) is 28.5 Å². The molecule has 0 aliphatic carbocycles. The van der Waals surface area contributed by atoms with Gasteiger partial charge in [-0.25, -0.2) is 0 Å². The van der Waals surface area contributed by atoms with Crippen molar-refractivity contribution in [3.05, 3.63) is 53.6 Å². The Morgan fingerprint density at radius 3 is 2.60 bits per heavy atom. The molecule has 1 heterocycles. The number of ketones is 1. The third kappa shape index (κ3) is 3.63. The largest absolute Gasteiger partial charge is 0.496 e. The van der Waals surface area contributed by atoms with Crippen LogP contribution in [-0.2, 0) is 4.79 Å². The van der Waals surface area contributed by atoms with E-state index in [-0.39, 0.29) is 18.5 Å². The topological polar surface area (TPSA) is 73.9 Å². The van der Waals surface area contributed by atoms with Crippen molar-refractivity contribution in [2.24, 2.45) is 0 Å². The van der Waals surface area contributed by atoms with Gasteiger partial charge in [-0.15, -0.1) is 0 Å². The quantitative estimate of drug-likeness (QED) is 0.668. The lowest BCUT2D eigenvalue weighted by molar-refractivity contribution is -0.111. The molecule has 0 atom stereocenters. The molecule has 6 nitrogen and oxygen atoms in total. The predicted molar refractivity (Wildman–Crippen MR) is 93.2 cm³/mol. The average molecular weight is 339 g/mol. The van der Waals surface area contributed by atoms with E-state index in [1.165, 1.54) is 13.0 Å². The Labute approximate surface area is 145 Å². The van der Waals surface area contributed by atoms with Crippen LogP contribution in [0.15, 0.2) is 42.5 Å². The smallest absolute Gasteiger partial charge is 0.248 e. The van der Waals surface area contributed by atoms with E-state index in [1.807, 2.05) is 24.3 Å². The fourth-order valence-corrected chi connectivity index (χ4v) is 2.48. The van der Waals surface area contributed by atoms with Gasteiger partial charge in [0.05, 0.1) is 12.8 Å². The van der Waals surface area contributed by atoms with Crippen LogP contribution < -0.4 is 19.5 Å². The normalized spacial score (nSPS) is 12.2. The van der Waals surface area contributed by atoms with Crippen molar-refractivity contribution in [1.82, 2.24) is 0 Å². The highest BCUT2D eigenvalue weighted by atomic mass is 16.7. The molecule has 0 unspecified atom stereocenters. The van der Waals surface area contributed by atoms with Gasteiger partial charge in [-0.3, -0.25) is 9.59 Å². The second-order valence-corrected chi connectivity index (χ2v) is 5.37. The number of rotatable bonds is 5. The lowest BCUT2D eigenvalue weighted by Gasteiger charge is -2.09. The lowest BCUT2D eigenvalue weighted by Crippen LogP contribution is -2.11. The summed E-state index contributed by atoms with van der Waals surface area (Å²) in [5.74, 6) is 1.11. The van der Waals surface area contributed by atoms with Gasteiger partial charge in [0.2, 0.25) is 12.7 Å². The highest BCUT2D eigenvalue weighted by molar-refractivity contribution is 6.08. The minimum absolute atomic E-state index is 0.0950. The van der Waals surface area contributed by atoms with Gasteiger partial charge in [-0.05, 0) is 25.1 Å². The van der Waals surface area contributed by atoms with Crippen molar-refractivity contribution in [2.75, 3.05) is 19.2 Å². The number of ether oxygens (including phenoxy) is 3. The number of Topliss-reactive ketones (excluding diaryl/α,β-unsaturated/α-hetero) is 1. The molecule has 0 fully saturated rings. The van der Waals surface area contributed by atoms with Gasteiger partial charge in [-0.1, -0.05) is 18.2 Å². The van der Waals surface area contributed by atoms with Crippen LogP contribution in [0.2, 0.25) is 0 Å². The minimum Gasteiger partial charge on any atom is -0.496 e. The summed E-state index contributed by atoms with van der Waals surface area (Å²) in [7, 11) is 1.57. The Bertz CT molecular complexity index is 857. The second-order valence-electron chi connectivity index (χ2n) is 5.37. The molecule has 1 aliphatic heterocycles. The van der Waals surface area contributed by atoms with E-state index in [1.54, 1.807) is 25.3 Å². The molecule has 1 aliphatic rings. The van der Waals surface area contributed by atoms with Gasteiger partial charge in [0.25, 0.3) is 0 Å². The van der Waals surface area contributed by atoms with Crippen LogP contribution in [0, 0.1) is 0 Å². The maximum absolute atomic E-state index is 12.2. The molecule has 0 radical (unpaired) electrons. The summed E-state index contributed by atoms with van der Waals surface area (Å²) in [6.07, 6.45) is 3.03. The van der Waals surface area contributed by atoms with Gasteiger partial charge in [0.1, 0.15) is 5.75 Å². The van der Waals surface area contributed by atoms with Crippen LogP contribution in [-0.4, -0.2) is 25.6 Å². The van der Waals surface area contributed by atoms with Crippen molar-refractivity contribution in [3.8, 4) is 17.2 Å². The highest BCUT2D eigenvalue weighted by Crippen LogP contribution is 2.37. The standard InChI is InChI=1S/C19H17NO5/c1-12(21)14-9-17-18(25-11-24-17)10-15(14)20-19(22)8-7-13-5-3-4-6-16(13)23-2/h3-10H,11H2,1-2H3,(H,20,22)/b8-7+. The molecule has 0 saturated heterocycles. The SMILES string of the molecule is COc1ccccc1/C=C/C(=O)Nc1cc2c(cc1C(C)=O)OCO2. The Morgan fingerprint density at radius 1 is 1.16 bits per heavy atom. The number of methoxy groups -OCH3 is 1. The number of fused-ring (bicyclic) bond motifs is 1. The van der Waals surface area contributed by atoms with E-state index in [9.17, 15) is 9.59 Å². The Balaban J connectivity index is 1.81. The van der Waals surface area contributed by atoms with E-state index in [0.717, 1.165) is 5.56 Å². The zero-order valence-electron chi connectivity index (χ0n) is 13.9. The van der Waals surface area contributed by atoms with Crippen LogP contribution in [0.1, 0.15) is 22.8 Å². The molecule has 128 valence electrons. The molecule has 0 saturated carbocycles. The van der Waals surface area contributed by atoms with Gasteiger partial charge in [0, 0.05) is 23.3 Å². The molecule has 3 rings (SSSR count). The Morgan fingerprint density at radius 2 is 1.88 bits per heavy atom. The molecular formula is C19H17NO5. The van der Waals surface area contributed by atoms with Gasteiger partial charge < -0.3 is 19.5 Å². The van der Waals surface area contributed by atoms with Crippen LogP contribution in [0.3, 0.4) is 0 Å². The summed E-state index contributed by atoms with van der Waals surface area (Å²) in [6, 6.07) is 10.5. The molecule has 0 spiro atoms. The number of hydrogen-bond donors (Lipinski definition) is 1.